The summed E-state index contributed by atoms with van der Waals surface area (Å²) in [6.45, 7) is 3.92. The second-order valence-electron chi connectivity index (χ2n) is 4.88. The lowest BCUT2D eigenvalue weighted by Crippen LogP contribution is -2.12. The molecule has 110 valence electrons. The Bertz CT molecular complexity index is 639. The zero-order valence-corrected chi connectivity index (χ0v) is 12.6. The Labute approximate surface area is 128 Å². The lowest BCUT2D eigenvalue weighted by atomic mass is 10.2. The SMILES string of the molecule is CC(C)Oc1ccc(NC(=O)c2ccc(N)c(Cl)c2)cc1. The number of carbonyl (C=O) groups is 1. The maximum atomic E-state index is 12.1. The Balaban J connectivity index is 2.06. The quantitative estimate of drug-likeness (QED) is 0.840. The Morgan fingerprint density at radius 1 is 1.19 bits per heavy atom. The Morgan fingerprint density at radius 2 is 1.86 bits per heavy atom. The van der Waals surface area contributed by atoms with Gasteiger partial charge in [0.1, 0.15) is 5.75 Å². The molecule has 0 saturated carbocycles. The molecule has 1 amide bonds. The molecule has 0 heterocycles. The highest BCUT2D eigenvalue weighted by Crippen LogP contribution is 2.21. The number of ether oxygens (including phenoxy) is 1. The van der Waals surface area contributed by atoms with E-state index in [4.69, 9.17) is 22.1 Å². The number of halogens is 1. The number of nitrogens with two attached hydrogens (primary N) is 1. The van der Waals surface area contributed by atoms with Crippen LogP contribution in [0, 0.1) is 0 Å². The first-order valence-corrected chi connectivity index (χ1v) is 6.96. The van der Waals surface area contributed by atoms with E-state index >= 15 is 0 Å². The van der Waals surface area contributed by atoms with Crippen molar-refractivity contribution in [1.82, 2.24) is 0 Å². The minimum Gasteiger partial charge on any atom is -0.491 e. The van der Waals surface area contributed by atoms with Gasteiger partial charge in [-0.2, -0.15) is 0 Å². The molecule has 0 saturated heterocycles. The van der Waals surface area contributed by atoms with E-state index in [1.54, 1.807) is 30.3 Å². The number of hydrogen-bond acceptors (Lipinski definition) is 3. The van der Waals surface area contributed by atoms with Crippen molar-refractivity contribution in [3.05, 3.63) is 53.1 Å². The first-order valence-electron chi connectivity index (χ1n) is 6.59. The number of nitrogens with one attached hydrogen (secondary N) is 1. The maximum Gasteiger partial charge on any atom is 0.255 e. The zero-order valence-electron chi connectivity index (χ0n) is 11.9. The van der Waals surface area contributed by atoms with Crippen molar-refractivity contribution in [1.29, 1.82) is 0 Å². The molecule has 0 aromatic heterocycles. The first-order chi connectivity index (χ1) is 9.95. The predicted octanol–water partition coefficient (Wildman–Crippen LogP) is 3.96. The molecular formula is C16H17ClN2O2. The van der Waals surface area contributed by atoms with Gasteiger partial charge in [0.2, 0.25) is 0 Å². The lowest BCUT2D eigenvalue weighted by molar-refractivity contribution is 0.102. The molecule has 0 aliphatic heterocycles. The molecular weight excluding hydrogens is 288 g/mol. The van der Waals surface area contributed by atoms with Crippen LogP contribution < -0.4 is 15.8 Å². The standard InChI is InChI=1S/C16H17ClN2O2/c1-10(2)21-13-6-4-12(5-7-13)19-16(20)11-3-8-15(18)14(17)9-11/h3-10H,18H2,1-2H3,(H,19,20). The summed E-state index contributed by atoms with van der Waals surface area (Å²) in [5.41, 5.74) is 7.21. The number of hydrogen-bond donors (Lipinski definition) is 2. The molecule has 0 bridgehead atoms. The summed E-state index contributed by atoms with van der Waals surface area (Å²) >= 11 is 5.91. The van der Waals surface area contributed by atoms with Crippen LogP contribution in [0.4, 0.5) is 11.4 Å². The highest BCUT2D eigenvalue weighted by Gasteiger charge is 2.08. The third kappa shape index (κ3) is 4.13. The van der Waals surface area contributed by atoms with E-state index in [2.05, 4.69) is 5.32 Å². The summed E-state index contributed by atoms with van der Waals surface area (Å²) in [5.74, 6) is 0.521. The van der Waals surface area contributed by atoms with Gasteiger partial charge in [-0.05, 0) is 56.3 Å². The van der Waals surface area contributed by atoms with Gasteiger partial charge in [0.15, 0.2) is 0 Å². The molecule has 2 aromatic carbocycles. The van der Waals surface area contributed by atoms with Gasteiger partial charge >= 0.3 is 0 Å². The molecule has 0 aliphatic rings. The highest BCUT2D eigenvalue weighted by molar-refractivity contribution is 6.33. The summed E-state index contributed by atoms with van der Waals surface area (Å²) < 4.78 is 5.54. The van der Waals surface area contributed by atoms with Gasteiger partial charge in [0.25, 0.3) is 5.91 Å². The van der Waals surface area contributed by atoms with Crippen molar-refractivity contribution in [2.24, 2.45) is 0 Å². The van der Waals surface area contributed by atoms with E-state index in [0.717, 1.165) is 5.75 Å². The van der Waals surface area contributed by atoms with Crippen molar-refractivity contribution >= 4 is 28.9 Å². The van der Waals surface area contributed by atoms with E-state index in [9.17, 15) is 4.79 Å². The van der Waals surface area contributed by atoms with E-state index in [0.29, 0.717) is 22.0 Å². The second-order valence-corrected chi connectivity index (χ2v) is 5.29. The minimum atomic E-state index is -0.241. The van der Waals surface area contributed by atoms with Gasteiger partial charge in [-0.25, -0.2) is 0 Å². The summed E-state index contributed by atoms with van der Waals surface area (Å²) in [5, 5.41) is 3.16. The molecule has 3 N–H and O–H groups in total. The fraction of sp³-hybridized carbons (Fsp3) is 0.188. The first kappa shape index (κ1) is 15.2. The van der Waals surface area contributed by atoms with Gasteiger partial charge < -0.3 is 15.8 Å². The van der Waals surface area contributed by atoms with Crippen LogP contribution in [0.2, 0.25) is 5.02 Å². The molecule has 2 aromatic rings. The smallest absolute Gasteiger partial charge is 0.255 e. The number of nitrogen functional groups attached to an aromatic ring is 1. The van der Waals surface area contributed by atoms with Gasteiger partial charge in [-0.15, -0.1) is 0 Å². The van der Waals surface area contributed by atoms with Crippen LogP contribution in [-0.2, 0) is 0 Å². The third-order valence-corrected chi connectivity index (χ3v) is 3.07. The normalized spacial score (nSPS) is 10.5. The molecule has 2 rings (SSSR count). The van der Waals surface area contributed by atoms with Crippen LogP contribution in [0.3, 0.4) is 0 Å². The van der Waals surface area contributed by atoms with Crippen LogP contribution in [0.5, 0.6) is 5.75 Å². The maximum absolute atomic E-state index is 12.1. The Kier molecular flexibility index (Phi) is 4.70. The van der Waals surface area contributed by atoms with Crippen molar-refractivity contribution in [3.63, 3.8) is 0 Å². The second kappa shape index (κ2) is 6.50. The lowest BCUT2D eigenvalue weighted by Gasteiger charge is -2.11. The number of amides is 1. The number of carbonyl (C=O) groups excluding carboxylic acids is 1. The van der Waals surface area contributed by atoms with Crippen molar-refractivity contribution in [2.45, 2.75) is 20.0 Å². The van der Waals surface area contributed by atoms with E-state index in [1.165, 1.54) is 0 Å². The molecule has 0 aliphatic carbocycles. The van der Waals surface area contributed by atoms with E-state index in [-0.39, 0.29) is 12.0 Å². The fourth-order valence-electron chi connectivity index (χ4n) is 1.76. The van der Waals surface area contributed by atoms with Crippen molar-refractivity contribution in [2.75, 3.05) is 11.1 Å². The van der Waals surface area contributed by atoms with Crippen LogP contribution in [0.15, 0.2) is 42.5 Å². The summed E-state index contributed by atoms with van der Waals surface area (Å²) in [6, 6.07) is 12.0. The topological polar surface area (TPSA) is 64.3 Å². The van der Waals surface area contributed by atoms with E-state index in [1.807, 2.05) is 26.0 Å². The van der Waals surface area contributed by atoms with Crippen LogP contribution in [0.1, 0.15) is 24.2 Å². The summed E-state index contributed by atoms with van der Waals surface area (Å²) in [7, 11) is 0. The summed E-state index contributed by atoms with van der Waals surface area (Å²) in [6.07, 6.45) is 0.113. The molecule has 0 fully saturated rings. The van der Waals surface area contributed by atoms with Crippen LogP contribution in [-0.4, -0.2) is 12.0 Å². The number of benzene rings is 2. The molecule has 0 radical (unpaired) electrons. The molecule has 5 heteroatoms. The van der Waals surface area contributed by atoms with Crippen LogP contribution >= 0.6 is 11.6 Å². The molecule has 0 spiro atoms. The Morgan fingerprint density at radius 3 is 2.43 bits per heavy atom. The monoisotopic (exact) mass is 304 g/mol. The molecule has 4 nitrogen and oxygen atoms in total. The largest absolute Gasteiger partial charge is 0.491 e. The van der Waals surface area contributed by atoms with Gasteiger partial charge in [-0.1, -0.05) is 11.6 Å². The average molecular weight is 305 g/mol. The molecule has 0 atom stereocenters. The van der Waals surface area contributed by atoms with Crippen molar-refractivity contribution in [3.8, 4) is 5.75 Å². The molecule has 21 heavy (non-hydrogen) atoms. The van der Waals surface area contributed by atoms with Gasteiger partial charge in [-0.3, -0.25) is 4.79 Å². The van der Waals surface area contributed by atoms with Crippen molar-refractivity contribution < 1.29 is 9.53 Å². The summed E-state index contributed by atoms with van der Waals surface area (Å²) in [4.78, 5) is 12.1. The third-order valence-electron chi connectivity index (χ3n) is 2.75. The highest BCUT2D eigenvalue weighted by atomic mass is 35.5. The fourth-order valence-corrected chi connectivity index (χ4v) is 1.94. The Hall–Kier alpha value is -2.20. The average Bonchev–Trinajstić information content (AvgIpc) is 2.43. The predicted molar refractivity (Wildman–Crippen MR) is 86.0 cm³/mol. The zero-order chi connectivity index (χ0) is 15.4. The van der Waals surface area contributed by atoms with Crippen LogP contribution in [0.25, 0.3) is 0 Å². The minimum absolute atomic E-state index is 0.113. The molecule has 0 unspecified atom stereocenters. The van der Waals surface area contributed by atoms with Gasteiger partial charge in [0.05, 0.1) is 16.8 Å². The number of rotatable bonds is 4. The van der Waals surface area contributed by atoms with Gasteiger partial charge in [0, 0.05) is 11.3 Å². The number of anilines is 2. The van der Waals surface area contributed by atoms with E-state index < -0.39 is 0 Å².